The first-order valence-corrected chi connectivity index (χ1v) is 5.22. The number of benzene rings is 1. The third kappa shape index (κ3) is 2.91. The van der Waals surface area contributed by atoms with Crippen LogP contribution in [0, 0.1) is 0 Å². The van der Waals surface area contributed by atoms with E-state index in [0.717, 1.165) is 0 Å². The molecule has 1 aromatic rings. The molecule has 0 radical (unpaired) electrons. The third-order valence-corrected chi connectivity index (χ3v) is 2.30. The van der Waals surface area contributed by atoms with Gasteiger partial charge >= 0.3 is 11.9 Å². The van der Waals surface area contributed by atoms with Gasteiger partial charge in [0.05, 0.1) is 14.2 Å². The summed E-state index contributed by atoms with van der Waals surface area (Å²) in [6.45, 7) is 1.41. The molecule has 0 bridgehead atoms. The van der Waals surface area contributed by atoms with Crippen LogP contribution in [0.3, 0.4) is 0 Å². The van der Waals surface area contributed by atoms with Crippen LogP contribution in [0.4, 0.5) is 5.69 Å². The molecule has 0 spiro atoms. The molecule has 6 heteroatoms. The zero-order valence-corrected chi connectivity index (χ0v) is 10.4. The molecule has 98 valence electrons. The summed E-state index contributed by atoms with van der Waals surface area (Å²) in [5.41, 5.74) is 6.00. The Morgan fingerprint density at radius 3 is 2.50 bits per heavy atom. The summed E-state index contributed by atoms with van der Waals surface area (Å²) in [6, 6.07) is 4.77. The van der Waals surface area contributed by atoms with E-state index < -0.39 is 18.0 Å². The highest BCUT2D eigenvalue weighted by atomic mass is 16.6. The fourth-order valence-electron chi connectivity index (χ4n) is 1.37. The van der Waals surface area contributed by atoms with Gasteiger partial charge in [0.1, 0.15) is 11.3 Å². The molecular formula is C12H15NO5. The van der Waals surface area contributed by atoms with Gasteiger partial charge in [-0.25, -0.2) is 9.59 Å². The van der Waals surface area contributed by atoms with Crippen molar-refractivity contribution in [3.63, 3.8) is 0 Å². The first-order chi connectivity index (χ1) is 8.51. The Balaban J connectivity index is 2.94. The van der Waals surface area contributed by atoms with Crippen molar-refractivity contribution in [2.45, 2.75) is 13.0 Å². The van der Waals surface area contributed by atoms with Crippen LogP contribution in [0.5, 0.6) is 5.75 Å². The van der Waals surface area contributed by atoms with Crippen molar-refractivity contribution in [3.05, 3.63) is 23.8 Å². The third-order valence-electron chi connectivity index (χ3n) is 2.30. The van der Waals surface area contributed by atoms with Gasteiger partial charge in [-0.05, 0) is 19.1 Å². The molecule has 0 heterocycles. The average Bonchev–Trinajstić information content (AvgIpc) is 2.36. The Hall–Kier alpha value is -2.24. The number of hydrogen-bond acceptors (Lipinski definition) is 6. The molecule has 1 rings (SSSR count). The van der Waals surface area contributed by atoms with Crippen molar-refractivity contribution in [2.75, 3.05) is 20.0 Å². The van der Waals surface area contributed by atoms with Gasteiger partial charge in [0.15, 0.2) is 6.10 Å². The minimum Gasteiger partial charge on any atom is -0.496 e. The highest BCUT2D eigenvalue weighted by molar-refractivity contribution is 5.99. The van der Waals surface area contributed by atoms with E-state index in [4.69, 9.17) is 15.2 Å². The van der Waals surface area contributed by atoms with Gasteiger partial charge in [0.25, 0.3) is 0 Å². The minimum atomic E-state index is -1.01. The number of carbonyl (C=O) groups excluding carboxylic acids is 2. The van der Waals surface area contributed by atoms with E-state index in [0.29, 0.717) is 0 Å². The molecule has 0 aromatic heterocycles. The van der Waals surface area contributed by atoms with Crippen LogP contribution in [-0.4, -0.2) is 32.3 Å². The molecule has 0 saturated carbocycles. The Labute approximate surface area is 105 Å². The number of methoxy groups -OCH3 is 2. The fraction of sp³-hybridized carbons (Fsp3) is 0.333. The first-order valence-electron chi connectivity index (χ1n) is 5.22. The van der Waals surface area contributed by atoms with Gasteiger partial charge in [0, 0.05) is 5.69 Å². The maximum Gasteiger partial charge on any atom is 0.346 e. The van der Waals surface area contributed by atoms with Crippen molar-refractivity contribution < 1.29 is 23.8 Å². The van der Waals surface area contributed by atoms with E-state index in [-0.39, 0.29) is 17.0 Å². The molecular weight excluding hydrogens is 238 g/mol. The van der Waals surface area contributed by atoms with Crippen LogP contribution < -0.4 is 10.5 Å². The second-order valence-corrected chi connectivity index (χ2v) is 3.50. The van der Waals surface area contributed by atoms with Crippen molar-refractivity contribution in [2.24, 2.45) is 0 Å². The van der Waals surface area contributed by atoms with E-state index in [1.807, 2.05) is 0 Å². The summed E-state index contributed by atoms with van der Waals surface area (Å²) < 4.78 is 14.4. The zero-order valence-electron chi connectivity index (χ0n) is 10.4. The summed E-state index contributed by atoms with van der Waals surface area (Å²) in [7, 11) is 2.62. The van der Waals surface area contributed by atoms with Crippen LogP contribution in [0.2, 0.25) is 0 Å². The Morgan fingerprint density at radius 1 is 1.28 bits per heavy atom. The summed E-state index contributed by atoms with van der Waals surface area (Å²) in [5.74, 6) is -1.09. The number of esters is 2. The molecule has 1 atom stereocenters. The smallest absolute Gasteiger partial charge is 0.346 e. The lowest BCUT2D eigenvalue weighted by Gasteiger charge is -2.14. The Morgan fingerprint density at radius 2 is 1.94 bits per heavy atom. The minimum absolute atomic E-state index is 0.0933. The van der Waals surface area contributed by atoms with E-state index in [9.17, 15) is 9.59 Å². The van der Waals surface area contributed by atoms with Crippen molar-refractivity contribution >= 4 is 17.6 Å². The molecule has 6 nitrogen and oxygen atoms in total. The maximum atomic E-state index is 11.9. The summed E-state index contributed by atoms with van der Waals surface area (Å²) >= 11 is 0. The first kappa shape index (κ1) is 13.8. The predicted molar refractivity (Wildman–Crippen MR) is 64.3 cm³/mol. The lowest BCUT2D eigenvalue weighted by Crippen LogP contribution is -2.26. The largest absolute Gasteiger partial charge is 0.496 e. The topological polar surface area (TPSA) is 87.9 Å². The highest BCUT2D eigenvalue weighted by Crippen LogP contribution is 2.25. The molecule has 1 unspecified atom stereocenters. The zero-order chi connectivity index (χ0) is 13.7. The fourth-order valence-corrected chi connectivity index (χ4v) is 1.37. The lowest BCUT2D eigenvalue weighted by atomic mass is 10.1. The van der Waals surface area contributed by atoms with Gasteiger partial charge in [-0.3, -0.25) is 0 Å². The molecule has 18 heavy (non-hydrogen) atoms. The number of rotatable bonds is 4. The summed E-state index contributed by atoms with van der Waals surface area (Å²) in [6.07, 6.45) is -1.01. The highest BCUT2D eigenvalue weighted by Gasteiger charge is 2.23. The Bertz CT molecular complexity index is 458. The summed E-state index contributed by atoms with van der Waals surface area (Å²) in [4.78, 5) is 23.0. The van der Waals surface area contributed by atoms with Gasteiger partial charge in [-0.15, -0.1) is 0 Å². The lowest BCUT2D eigenvalue weighted by molar-refractivity contribution is -0.149. The van der Waals surface area contributed by atoms with Gasteiger partial charge in [-0.1, -0.05) is 6.07 Å². The number of ether oxygens (including phenoxy) is 3. The normalized spacial score (nSPS) is 11.5. The number of nitrogens with two attached hydrogens (primary N) is 1. The second-order valence-electron chi connectivity index (χ2n) is 3.50. The van der Waals surface area contributed by atoms with E-state index in [1.54, 1.807) is 18.2 Å². The van der Waals surface area contributed by atoms with E-state index in [2.05, 4.69) is 4.74 Å². The van der Waals surface area contributed by atoms with Crippen molar-refractivity contribution in [1.29, 1.82) is 0 Å². The molecule has 0 aliphatic rings. The number of hydrogen-bond donors (Lipinski definition) is 1. The molecule has 0 aliphatic heterocycles. The van der Waals surface area contributed by atoms with Crippen LogP contribution in [0.25, 0.3) is 0 Å². The van der Waals surface area contributed by atoms with Gasteiger partial charge < -0.3 is 19.9 Å². The van der Waals surface area contributed by atoms with Crippen molar-refractivity contribution in [1.82, 2.24) is 0 Å². The molecule has 0 fully saturated rings. The van der Waals surface area contributed by atoms with Crippen LogP contribution in [0.15, 0.2) is 18.2 Å². The second kappa shape index (κ2) is 5.90. The molecule has 0 saturated heterocycles. The monoisotopic (exact) mass is 253 g/mol. The van der Waals surface area contributed by atoms with Gasteiger partial charge in [0.2, 0.25) is 0 Å². The van der Waals surface area contributed by atoms with Crippen molar-refractivity contribution in [3.8, 4) is 5.75 Å². The predicted octanol–water partition coefficient (Wildman–Crippen LogP) is 0.996. The van der Waals surface area contributed by atoms with Crippen LogP contribution in [0.1, 0.15) is 17.3 Å². The molecule has 2 N–H and O–H groups in total. The number of nitrogen functional groups attached to an aromatic ring is 1. The van der Waals surface area contributed by atoms with Crippen LogP contribution in [-0.2, 0) is 14.3 Å². The number of carbonyl (C=O) groups is 2. The Kier molecular flexibility index (Phi) is 4.53. The van der Waals surface area contributed by atoms with Crippen LogP contribution >= 0.6 is 0 Å². The van der Waals surface area contributed by atoms with Gasteiger partial charge in [-0.2, -0.15) is 0 Å². The molecule has 1 aromatic carbocycles. The van der Waals surface area contributed by atoms with E-state index in [1.165, 1.54) is 21.1 Å². The maximum absolute atomic E-state index is 11.9. The van der Waals surface area contributed by atoms with E-state index >= 15 is 0 Å². The standard InChI is InChI=1S/C12H15NO5/c1-7(11(14)17-3)18-12(15)10-8(13)5-4-6-9(10)16-2/h4-7H,13H2,1-3H3. The average molecular weight is 253 g/mol. The molecule has 0 amide bonds. The summed E-state index contributed by atoms with van der Waals surface area (Å²) in [5, 5.41) is 0. The molecule has 0 aliphatic carbocycles. The number of anilines is 1. The quantitative estimate of drug-likeness (QED) is 0.636. The SMILES string of the molecule is COC(=O)C(C)OC(=O)c1c(N)cccc1OC.